The summed E-state index contributed by atoms with van der Waals surface area (Å²) in [4.78, 5) is 23.8. The van der Waals surface area contributed by atoms with Gasteiger partial charge in [0.05, 0.1) is 5.56 Å². The zero-order chi connectivity index (χ0) is 17.4. The summed E-state index contributed by atoms with van der Waals surface area (Å²) in [6.07, 6.45) is 1.91. The number of carbonyl (C=O) groups is 2. The van der Waals surface area contributed by atoms with Crippen molar-refractivity contribution >= 4 is 17.8 Å². The van der Waals surface area contributed by atoms with Crippen molar-refractivity contribution in [2.24, 2.45) is 0 Å². The van der Waals surface area contributed by atoms with Crippen molar-refractivity contribution in [3.05, 3.63) is 53.3 Å². The SMILES string of the molecule is CCC(=O)Oc1ccc2c(c1)O/C(=C/c1ccc3c(c1)OCO3)C2=O. The molecule has 0 saturated heterocycles. The molecule has 0 unspecified atom stereocenters. The van der Waals surface area contributed by atoms with Gasteiger partial charge >= 0.3 is 5.97 Å². The van der Waals surface area contributed by atoms with E-state index in [9.17, 15) is 9.59 Å². The van der Waals surface area contributed by atoms with Crippen LogP contribution in [0.15, 0.2) is 42.2 Å². The van der Waals surface area contributed by atoms with E-state index in [4.69, 9.17) is 18.9 Å². The number of benzene rings is 2. The Bertz CT molecular complexity index is 912. The van der Waals surface area contributed by atoms with Crippen LogP contribution in [0.4, 0.5) is 0 Å². The van der Waals surface area contributed by atoms with Gasteiger partial charge in [0.15, 0.2) is 17.3 Å². The lowest BCUT2D eigenvalue weighted by molar-refractivity contribution is -0.134. The first-order valence-corrected chi connectivity index (χ1v) is 7.82. The second kappa shape index (κ2) is 5.98. The topological polar surface area (TPSA) is 71.1 Å². The summed E-state index contributed by atoms with van der Waals surface area (Å²) in [6, 6.07) is 10.1. The molecule has 0 bridgehead atoms. The van der Waals surface area contributed by atoms with E-state index in [0.717, 1.165) is 5.56 Å². The number of carbonyl (C=O) groups excluding carboxylic acids is 2. The molecule has 0 fully saturated rings. The molecule has 6 heteroatoms. The number of allylic oxidation sites excluding steroid dienone is 1. The van der Waals surface area contributed by atoms with Crippen molar-refractivity contribution in [1.82, 2.24) is 0 Å². The Kier molecular flexibility index (Phi) is 3.65. The Morgan fingerprint density at radius 1 is 1.12 bits per heavy atom. The molecular weight excluding hydrogens is 324 g/mol. The van der Waals surface area contributed by atoms with Crippen LogP contribution in [0.2, 0.25) is 0 Å². The number of ketones is 1. The van der Waals surface area contributed by atoms with Crippen molar-refractivity contribution < 1.29 is 28.5 Å². The minimum atomic E-state index is -0.347. The maximum absolute atomic E-state index is 12.5. The molecule has 2 aliphatic rings. The third-order valence-corrected chi connectivity index (χ3v) is 3.86. The Labute approximate surface area is 143 Å². The monoisotopic (exact) mass is 338 g/mol. The van der Waals surface area contributed by atoms with Gasteiger partial charge in [0, 0.05) is 12.5 Å². The fourth-order valence-electron chi connectivity index (χ4n) is 2.59. The lowest BCUT2D eigenvalue weighted by Gasteiger charge is -2.04. The number of fused-ring (bicyclic) bond motifs is 2. The van der Waals surface area contributed by atoms with Crippen LogP contribution in [-0.4, -0.2) is 18.5 Å². The summed E-state index contributed by atoms with van der Waals surface area (Å²) >= 11 is 0. The van der Waals surface area contributed by atoms with Gasteiger partial charge in [0.2, 0.25) is 12.6 Å². The van der Waals surface area contributed by atoms with Gasteiger partial charge in [-0.2, -0.15) is 0 Å². The molecule has 0 aliphatic carbocycles. The molecule has 2 aromatic carbocycles. The number of Topliss-reactive ketones (excluding diaryl/α,β-unsaturated/α-hetero) is 1. The van der Waals surface area contributed by atoms with Gasteiger partial charge in [0.25, 0.3) is 0 Å². The Balaban J connectivity index is 1.60. The quantitative estimate of drug-likeness (QED) is 0.485. The lowest BCUT2D eigenvalue weighted by Crippen LogP contribution is -2.05. The predicted molar refractivity (Wildman–Crippen MR) is 87.9 cm³/mol. The summed E-state index contributed by atoms with van der Waals surface area (Å²) < 4.78 is 21.4. The molecule has 25 heavy (non-hydrogen) atoms. The van der Waals surface area contributed by atoms with Gasteiger partial charge < -0.3 is 18.9 Å². The molecule has 2 heterocycles. The second-order valence-corrected chi connectivity index (χ2v) is 5.54. The van der Waals surface area contributed by atoms with E-state index in [0.29, 0.717) is 28.6 Å². The molecule has 0 atom stereocenters. The van der Waals surface area contributed by atoms with E-state index >= 15 is 0 Å². The van der Waals surface area contributed by atoms with Gasteiger partial charge in [-0.25, -0.2) is 0 Å². The minimum Gasteiger partial charge on any atom is -0.454 e. The normalized spacial score (nSPS) is 15.9. The van der Waals surface area contributed by atoms with E-state index in [-0.39, 0.29) is 30.7 Å². The van der Waals surface area contributed by atoms with Gasteiger partial charge in [-0.15, -0.1) is 0 Å². The van der Waals surface area contributed by atoms with E-state index in [1.807, 2.05) is 6.07 Å². The van der Waals surface area contributed by atoms with Crippen LogP contribution < -0.4 is 18.9 Å². The van der Waals surface area contributed by atoms with E-state index in [1.165, 1.54) is 0 Å². The van der Waals surface area contributed by atoms with E-state index in [2.05, 4.69) is 0 Å². The highest BCUT2D eigenvalue weighted by molar-refractivity contribution is 6.14. The molecule has 0 aromatic heterocycles. The van der Waals surface area contributed by atoms with Crippen molar-refractivity contribution in [3.8, 4) is 23.0 Å². The maximum Gasteiger partial charge on any atom is 0.310 e. The molecule has 6 nitrogen and oxygen atoms in total. The van der Waals surface area contributed by atoms with Gasteiger partial charge in [0.1, 0.15) is 11.5 Å². The minimum absolute atomic E-state index is 0.190. The van der Waals surface area contributed by atoms with Crippen LogP contribution in [-0.2, 0) is 4.79 Å². The van der Waals surface area contributed by atoms with Gasteiger partial charge in [-0.05, 0) is 35.9 Å². The van der Waals surface area contributed by atoms with Crippen LogP contribution in [0.25, 0.3) is 6.08 Å². The van der Waals surface area contributed by atoms with Crippen LogP contribution in [0.5, 0.6) is 23.0 Å². The zero-order valence-electron chi connectivity index (χ0n) is 13.4. The molecule has 0 radical (unpaired) electrons. The number of ether oxygens (including phenoxy) is 4. The number of rotatable bonds is 3. The van der Waals surface area contributed by atoms with Gasteiger partial charge in [-0.1, -0.05) is 13.0 Å². The van der Waals surface area contributed by atoms with Crippen molar-refractivity contribution in [2.45, 2.75) is 13.3 Å². The van der Waals surface area contributed by atoms with E-state index < -0.39 is 0 Å². The van der Waals surface area contributed by atoms with Crippen LogP contribution in [0.1, 0.15) is 29.3 Å². The molecular formula is C19H14O6. The summed E-state index contributed by atoms with van der Waals surface area (Å²) in [6.45, 7) is 1.90. The first kappa shape index (κ1) is 15.3. The Hall–Kier alpha value is -3.28. The van der Waals surface area contributed by atoms with Crippen LogP contribution >= 0.6 is 0 Å². The standard InChI is InChI=1S/C19H14O6/c1-2-18(20)24-12-4-5-13-15(9-12)25-17(19(13)21)8-11-3-6-14-16(7-11)23-10-22-14/h3-9H,2,10H2,1H3/b17-8+. The highest BCUT2D eigenvalue weighted by Crippen LogP contribution is 2.37. The van der Waals surface area contributed by atoms with Crippen LogP contribution in [0.3, 0.4) is 0 Å². The van der Waals surface area contributed by atoms with Crippen LogP contribution in [0, 0.1) is 0 Å². The smallest absolute Gasteiger partial charge is 0.310 e. The lowest BCUT2D eigenvalue weighted by atomic mass is 10.1. The average Bonchev–Trinajstić information content (AvgIpc) is 3.19. The number of hydrogen-bond donors (Lipinski definition) is 0. The fraction of sp³-hybridized carbons (Fsp3) is 0.158. The number of hydrogen-bond acceptors (Lipinski definition) is 6. The molecule has 2 aliphatic heterocycles. The largest absolute Gasteiger partial charge is 0.454 e. The molecule has 2 aromatic rings. The summed E-state index contributed by atoms with van der Waals surface area (Å²) in [5.74, 6) is 1.66. The molecule has 4 rings (SSSR count). The highest BCUT2D eigenvalue weighted by Gasteiger charge is 2.28. The first-order valence-electron chi connectivity index (χ1n) is 7.82. The molecule has 0 saturated carbocycles. The van der Waals surface area contributed by atoms with Crippen molar-refractivity contribution in [1.29, 1.82) is 0 Å². The van der Waals surface area contributed by atoms with Crippen molar-refractivity contribution in [2.75, 3.05) is 6.79 Å². The number of esters is 1. The fourth-order valence-corrected chi connectivity index (χ4v) is 2.59. The Morgan fingerprint density at radius 2 is 1.96 bits per heavy atom. The summed E-state index contributed by atoms with van der Waals surface area (Å²) in [5, 5.41) is 0. The zero-order valence-corrected chi connectivity index (χ0v) is 13.4. The predicted octanol–water partition coefficient (Wildman–Crippen LogP) is 3.35. The van der Waals surface area contributed by atoms with Crippen molar-refractivity contribution in [3.63, 3.8) is 0 Å². The molecule has 0 amide bonds. The molecule has 126 valence electrons. The molecule has 0 N–H and O–H groups in total. The summed E-state index contributed by atoms with van der Waals surface area (Å²) in [5.41, 5.74) is 1.20. The van der Waals surface area contributed by atoms with E-state index in [1.54, 1.807) is 43.3 Å². The second-order valence-electron chi connectivity index (χ2n) is 5.54. The Morgan fingerprint density at radius 3 is 2.80 bits per heavy atom. The maximum atomic E-state index is 12.5. The summed E-state index contributed by atoms with van der Waals surface area (Å²) in [7, 11) is 0. The third-order valence-electron chi connectivity index (χ3n) is 3.86. The highest BCUT2D eigenvalue weighted by atomic mass is 16.7. The molecule has 0 spiro atoms. The average molecular weight is 338 g/mol. The third kappa shape index (κ3) is 2.82. The van der Waals surface area contributed by atoms with Gasteiger partial charge in [-0.3, -0.25) is 9.59 Å². The first-order chi connectivity index (χ1) is 12.1.